The summed E-state index contributed by atoms with van der Waals surface area (Å²) in [6.45, 7) is 0.311. The lowest BCUT2D eigenvalue weighted by Gasteiger charge is -2.08. The number of nitrogens with one attached hydrogen (secondary N) is 3. The van der Waals surface area contributed by atoms with E-state index in [0.717, 1.165) is 10.8 Å². The molecule has 0 saturated heterocycles. The molecule has 0 aliphatic heterocycles. The second-order valence-electron chi connectivity index (χ2n) is 4.44. The third kappa shape index (κ3) is 2.67. The summed E-state index contributed by atoms with van der Waals surface area (Å²) in [4.78, 5) is 23.4. The van der Waals surface area contributed by atoms with E-state index in [1.165, 1.54) is 0 Å². The van der Waals surface area contributed by atoms with Crippen LogP contribution in [0.25, 0.3) is 10.8 Å². The predicted molar refractivity (Wildman–Crippen MR) is 79.3 cm³/mol. The zero-order valence-electron chi connectivity index (χ0n) is 11.1. The Morgan fingerprint density at radius 3 is 2.95 bits per heavy atom. The van der Waals surface area contributed by atoms with Crippen LogP contribution in [0.3, 0.4) is 0 Å². The third-order valence-electron chi connectivity index (χ3n) is 3.08. The lowest BCUT2D eigenvalue weighted by atomic mass is 10.1. The molecule has 1 aromatic carbocycles. The summed E-state index contributed by atoms with van der Waals surface area (Å²) >= 11 is 0. The van der Waals surface area contributed by atoms with E-state index in [2.05, 4.69) is 25.7 Å². The molecule has 0 fully saturated rings. The molecule has 0 bridgehead atoms. The van der Waals surface area contributed by atoms with Gasteiger partial charge in [-0.25, -0.2) is 15.8 Å². The Hall–Kier alpha value is -2.93. The van der Waals surface area contributed by atoms with Crippen LogP contribution in [0, 0.1) is 0 Å². The second-order valence-corrected chi connectivity index (χ2v) is 4.44. The highest BCUT2D eigenvalue weighted by Gasteiger charge is 2.11. The molecule has 0 aliphatic carbocycles. The quantitative estimate of drug-likeness (QED) is 0.424. The Morgan fingerprint density at radius 2 is 2.19 bits per heavy atom. The van der Waals surface area contributed by atoms with Crippen LogP contribution in [0.5, 0.6) is 0 Å². The molecule has 3 rings (SSSR count). The number of rotatable bonds is 4. The molecule has 7 heteroatoms. The van der Waals surface area contributed by atoms with Gasteiger partial charge in [0.1, 0.15) is 17.3 Å². The maximum Gasteiger partial charge on any atom is 0.270 e. The maximum absolute atomic E-state index is 12.2. The number of H-pyrrole nitrogens is 1. The van der Waals surface area contributed by atoms with Crippen molar-refractivity contribution in [1.29, 1.82) is 0 Å². The number of nitrogen functional groups attached to an aromatic ring is 1. The van der Waals surface area contributed by atoms with Crippen LogP contribution in [-0.2, 0) is 6.54 Å². The van der Waals surface area contributed by atoms with Crippen molar-refractivity contribution < 1.29 is 4.79 Å². The van der Waals surface area contributed by atoms with Gasteiger partial charge < -0.3 is 15.7 Å². The fraction of sp³-hybridized carbons (Fsp3) is 0.0714. The Bertz CT molecular complexity index is 768. The van der Waals surface area contributed by atoms with E-state index >= 15 is 0 Å². The Kier molecular flexibility index (Phi) is 3.48. The van der Waals surface area contributed by atoms with Crippen molar-refractivity contribution in [3.63, 3.8) is 0 Å². The number of hydrogen-bond acceptors (Lipinski definition) is 5. The van der Waals surface area contributed by atoms with Crippen LogP contribution in [0.1, 0.15) is 16.3 Å². The van der Waals surface area contributed by atoms with E-state index in [1.807, 2.05) is 24.3 Å². The summed E-state index contributed by atoms with van der Waals surface area (Å²) in [6, 6.07) is 9.31. The monoisotopic (exact) mass is 282 g/mol. The summed E-state index contributed by atoms with van der Waals surface area (Å²) < 4.78 is 0. The van der Waals surface area contributed by atoms with Gasteiger partial charge in [0.2, 0.25) is 0 Å². The van der Waals surface area contributed by atoms with Gasteiger partial charge in [-0.15, -0.1) is 0 Å². The Balaban J connectivity index is 1.87. The first-order valence-electron chi connectivity index (χ1n) is 6.41. The maximum atomic E-state index is 12.2. The zero-order valence-corrected chi connectivity index (χ0v) is 11.1. The minimum Gasteiger partial charge on any atom is -0.347 e. The molecule has 0 atom stereocenters. The van der Waals surface area contributed by atoms with Gasteiger partial charge in [-0.05, 0) is 11.5 Å². The lowest BCUT2D eigenvalue weighted by molar-refractivity contribution is 0.0945. The molecular formula is C14H14N6O. The number of hydrogen-bond donors (Lipinski definition) is 4. The van der Waals surface area contributed by atoms with Crippen molar-refractivity contribution >= 4 is 22.5 Å². The van der Waals surface area contributed by atoms with Gasteiger partial charge in [0.25, 0.3) is 5.91 Å². The molecule has 21 heavy (non-hydrogen) atoms. The van der Waals surface area contributed by atoms with Crippen LogP contribution in [0.4, 0.5) is 5.82 Å². The molecular weight excluding hydrogens is 268 g/mol. The summed E-state index contributed by atoms with van der Waals surface area (Å²) in [5.74, 6) is 6.34. The minimum absolute atomic E-state index is 0.284. The lowest BCUT2D eigenvalue weighted by Crippen LogP contribution is -2.25. The van der Waals surface area contributed by atoms with Crippen LogP contribution in [0.15, 0.2) is 42.7 Å². The normalized spacial score (nSPS) is 10.5. The first kappa shape index (κ1) is 13.1. The number of nitrogens with zero attached hydrogens (tertiary/aromatic N) is 2. The molecule has 106 valence electrons. The Morgan fingerprint density at radius 1 is 1.33 bits per heavy atom. The molecule has 2 heterocycles. The summed E-state index contributed by atoms with van der Waals surface area (Å²) in [5.41, 5.74) is 2.82. The number of fused-ring (bicyclic) bond motifs is 1. The van der Waals surface area contributed by atoms with E-state index in [9.17, 15) is 4.79 Å². The van der Waals surface area contributed by atoms with Gasteiger partial charge >= 0.3 is 0 Å². The van der Waals surface area contributed by atoms with Crippen molar-refractivity contribution in [3.8, 4) is 0 Å². The van der Waals surface area contributed by atoms with Gasteiger partial charge in [-0.2, -0.15) is 0 Å². The third-order valence-corrected chi connectivity index (χ3v) is 3.08. The van der Waals surface area contributed by atoms with Gasteiger partial charge in [-0.1, -0.05) is 24.3 Å². The van der Waals surface area contributed by atoms with E-state index < -0.39 is 0 Å². The molecule has 3 aromatic rings. The van der Waals surface area contributed by atoms with Crippen LogP contribution in [0.2, 0.25) is 0 Å². The fourth-order valence-electron chi connectivity index (χ4n) is 2.07. The number of amides is 1. The predicted octanol–water partition coefficient (Wildman–Crippen LogP) is 1.17. The fourth-order valence-corrected chi connectivity index (χ4v) is 2.07. The largest absolute Gasteiger partial charge is 0.347 e. The number of nitrogens with two attached hydrogens (primary N) is 1. The molecule has 1 amide bonds. The number of carbonyl (C=O) groups excluding carboxylic acids is 1. The average molecular weight is 282 g/mol. The van der Waals surface area contributed by atoms with E-state index in [4.69, 9.17) is 5.84 Å². The number of hydrazine groups is 1. The number of imidazole rings is 1. The number of aromatic nitrogens is 3. The Labute approximate surface area is 120 Å². The summed E-state index contributed by atoms with van der Waals surface area (Å²) in [5, 5.41) is 4.51. The summed E-state index contributed by atoms with van der Waals surface area (Å²) in [6.07, 6.45) is 3.33. The molecule has 0 aliphatic rings. The average Bonchev–Trinajstić information content (AvgIpc) is 3.04. The molecule has 0 unspecified atom stereocenters. The zero-order chi connectivity index (χ0) is 14.7. The van der Waals surface area contributed by atoms with Gasteiger partial charge in [0.15, 0.2) is 0 Å². The minimum atomic E-state index is -0.284. The molecule has 2 aromatic heterocycles. The van der Waals surface area contributed by atoms with Crippen LogP contribution in [-0.4, -0.2) is 20.9 Å². The molecule has 7 nitrogen and oxygen atoms in total. The van der Waals surface area contributed by atoms with Crippen LogP contribution >= 0.6 is 0 Å². The van der Waals surface area contributed by atoms with Crippen molar-refractivity contribution in [2.75, 3.05) is 5.43 Å². The molecule has 0 radical (unpaired) electrons. The van der Waals surface area contributed by atoms with Gasteiger partial charge in [-0.3, -0.25) is 4.79 Å². The molecule has 0 saturated carbocycles. The first-order chi connectivity index (χ1) is 10.3. The highest BCUT2D eigenvalue weighted by molar-refractivity contribution is 6.00. The highest BCUT2D eigenvalue weighted by atomic mass is 16.1. The number of aromatic amines is 1. The first-order valence-corrected chi connectivity index (χ1v) is 6.41. The van der Waals surface area contributed by atoms with Gasteiger partial charge in [0.05, 0.1) is 6.54 Å². The topological polar surface area (TPSA) is 109 Å². The smallest absolute Gasteiger partial charge is 0.270 e. The van der Waals surface area contributed by atoms with Crippen molar-refractivity contribution in [2.45, 2.75) is 6.54 Å². The molecule has 0 spiro atoms. The highest BCUT2D eigenvalue weighted by Crippen LogP contribution is 2.21. The second kappa shape index (κ2) is 5.59. The van der Waals surface area contributed by atoms with Crippen molar-refractivity contribution in [3.05, 3.63) is 54.2 Å². The van der Waals surface area contributed by atoms with Crippen molar-refractivity contribution in [2.24, 2.45) is 5.84 Å². The standard InChI is InChI=1S/C14H14N6O/c15-20-13-10-4-2-1-3-9(10)7-11(19-13)14(21)18-8-12-16-5-6-17-12/h1-7H,8,15H2,(H,16,17)(H,18,21)(H,19,20). The van der Waals surface area contributed by atoms with E-state index in [-0.39, 0.29) is 5.91 Å². The van der Waals surface area contributed by atoms with E-state index in [0.29, 0.717) is 23.9 Å². The van der Waals surface area contributed by atoms with Crippen molar-refractivity contribution in [1.82, 2.24) is 20.3 Å². The molecule has 5 N–H and O–H groups in total. The van der Waals surface area contributed by atoms with E-state index in [1.54, 1.807) is 18.5 Å². The number of benzene rings is 1. The number of carbonyl (C=O) groups is 1. The summed E-state index contributed by atoms with van der Waals surface area (Å²) in [7, 11) is 0. The number of anilines is 1. The van der Waals surface area contributed by atoms with Gasteiger partial charge in [0, 0.05) is 17.8 Å². The SMILES string of the molecule is NNc1nc(C(=O)NCc2ncc[nH]2)cc2ccccc12. The van der Waals surface area contributed by atoms with Crippen LogP contribution < -0.4 is 16.6 Å². The number of pyridine rings is 1.